The highest BCUT2D eigenvalue weighted by atomic mass is 35.5. The van der Waals surface area contributed by atoms with Crippen LogP contribution in [-0.4, -0.2) is 45.0 Å². The molecule has 0 unspecified atom stereocenters. The number of ether oxygens (including phenoxy) is 1. The fourth-order valence-corrected chi connectivity index (χ4v) is 4.64. The molecule has 1 saturated heterocycles. The first-order valence-corrected chi connectivity index (χ1v) is 10.6. The minimum Gasteiger partial charge on any atom is -0.489 e. The maximum atomic E-state index is 13.2. The molecule has 30 heavy (non-hydrogen) atoms. The minimum atomic E-state index is 0.0335. The molecule has 5 rings (SSSR count). The van der Waals surface area contributed by atoms with Crippen molar-refractivity contribution in [1.82, 2.24) is 19.9 Å². The van der Waals surface area contributed by atoms with Gasteiger partial charge in [-0.15, -0.1) is 5.10 Å². The number of carbonyl (C=O) groups is 1. The summed E-state index contributed by atoms with van der Waals surface area (Å²) in [5.74, 6) is 0.571. The molecule has 2 aromatic carbocycles. The van der Waals surface area contributed by atoms with Crippen molar-refractivity contribution in [3.8, 4) is 17.0 Å². The van der Waals surface area contributed by atoms with E-state index in [0.717, 1.165) is 47.3 Å². The normalized spacial score (nSPS) is 18.0. The zero-order chi connectivity index (χ0) is 20.8. The van der Waals surface area contributed by atoms with Crippen LogP contribution in [0.3, 0.4) is 0 Å². The van der Waals surface area contributed by atoms with Gasteiger partial charge in [0.1, 0.15) is 12.3 Å². The van der Waals surface area contributed by atoms with Gasteiger partial charge in [-0.2, -0.15) is 0 Å². The number of hydrogen-bond donors (Lipinski definition) is 0. The van der Waals surface area contributed by atoms with Gasteiger partial charge in [-0.3, -0.25) is 9.48 Å². The van der Waals surface area contributed by atoms with E-state index in [-0.39, 0.29) is 11.9 Å². The molecule has 3 aromatic rings. The molecular weight excluding hydrogens is 400 g/mol. The third-order valence-electron chi connectivity index (χ3n) is 6.11. The van der Waals surface area contributed by atoms with E-state index >= 15 is 0 Å². The van der Waals surface area contributed by atoms with Crippen LogP contribution in [-0.2, 0) is 13.5 Å². The van der Waals surface area contributed by atoms with Crippen LogP contribution in [0.1, 0.15) is 39.9 Å². The number of carbonyl (C=O) groups excluding carboxylic acids is 1. The van der Waals surface area contributed by atoms with Gasteiger partial charge < -0.3 is 9.64 Å². The summed E-state index contributed by atoms with van der Waals surface area (Å²) in [4.78, 5) is 15.1. The monoisotopic (exact) mass is 422 g/mol. The van der Waals surface area contributed by atoms with Crippen LogP contribution in [0.15, 0.2) is 36.5 Å². The number of hydrogen-bond acceptors (Lipinski definition) is 4. The van der Waals surface area contributed by atoms with E-state index < -0.39 is 0 Å². The smallest absolute Gasteiger partial charge is 0.258 e. The number of fused-ring (bicyclic) bond motifs is 2. The number of halogens is 1. The standard InChI is InChI=1S/C23H23ClN4O2/c1-14-17(10-15-5-7-16(8-6-15)20-12-27(2)26-25-20)11-19-22(21(14)24)30-13-18-4-3-9-28(18)23(19)29/h5-8,11-12,18H,3-4,9-10,13H2,1-2H3/t18-/m1/s1. The number of rotatable bonds is 3. The lowest BCUT2D eigenvalue weighted by Gasteiger charge is -2.20. The Balaban J connectivity index is 1.46. The Morgan fingerprint density at radius 2 is 2.07 bits per heavy atom. The molecule has 1 amide bonds. The molecule has 2 aliphatic heterocycles. The summed E-state index contributed by atoms with van der Waals surface area (Å²) in [5.41, 5.74) is 5.59. The second-order valence-corrected chi connectivity index (χ2v) is 8.49. The third kappa shape index (κ3) is 3.25. The van der Waals surface area contributed by atoms with E-state index in [4.69, 9.17) is 16.3 Å². The summed E-state index contributed by atoms with van der Waals surface area (Å²) in [5, 5.41) is 8.69. The molecule has 3 heterocycles. The van der Waals surface area contributed by atoms with Crippen LogP contribution in [0.25, 0.3) is 11.3 Å². The molecule has 6 nitrogen and oxygen atoms in total. The van der Waals surface area contributed by atoms with Crippen molar-refractivity contribution >= 4 is 17.5 Å². The van der Waals surface area contributed by atoms with Crippen molar-refractivity contribution < 1.29 is 9.53 Å². The van der Waals surface area contributed by atoms with Crippen LogP contribution >= 0.6 is 11.6 Å². The number of amides is 1. The highest BCUT2D eigenvalue weighted by Crippen LogP contribution is 2.39. The van der Waals surface area contributed by atoms with Gasteiger partial charge in [-0.05, 0) is 48.9 Å². The molecule has 0 saturated carbocycles. The lowest BCUT2D eigenvalue weighted by Crippen LogP contribution is -2.36. The molecule has 7 heteroatoms. The van der Waals surface area contributed by atoms with Crippen molar-refractivity contribution in [2.24, 2.45) is 7.05 Å². The summed E-state index contributed by atoms with van der Waals surface area (Å²) >= 11 is 6.67. The maximum Gasteiger partial charge on any atom is 0.258 e. The molecule has 2 aliphatic rings. The third-order valence-corrected chi connectivity index (χ3v) is 6.56. The van der Waals surface area contributed by atoms with Gasteiger partial charge in [0.15, 0.2) is 5.75 Å². The Bertz CT molecular complexity index is 1120. The Hall–Kier alpha value is -2.86. The molecule has 0 spiro atoms. The summed E-state index contributed by atoms with van der Waals surface area (Å²) in [7, 11) is 1.85. The van der Waals surface area contributed by atoms with Crippen LogP contribution in [0, 0.1) is 6.92 Å². The van der Waals surface area contributed by atoms with E-state index in [2.05, 4.69) is 22.4 Å². The Labute approximate surface area is 180 Å². The van der Waals surface area contributed by atoms with Crippen molar-refractivity contribution in [3.05, 3.63) is 63.8 Å². The van der Waals surface area contributed by atoms with Gasteiger partial charge in [0, 0.05) is 19.2 Å². The first-order valence-electron chi connectivity index (χ1n) is 10.2. The molecular formula is C23H23ClN4O2. The van der Waals surface area contributed by atoms with Gasteiger partial charge in [-0.1, -0.05) is 41.1 Å². The van der Waals surface area contributed by atoms with Crippen molar-refractivity contribution in [3.63, 3.8) is 0 Å². The quantitative estimate of drug-likeness (QED) is 0.639. The lowest BCUT2D eigenvalue weighted by molar-refractivity contribution is 0.0726. The van der Waals surface area contributed by atoms with E-state index in [0.29, 0.717) is 29.4 Å². The van der Waals surface area contributed by atoms with E-state index in [1.807, 2.05) is 43.3 Å². The number of aryl methyl sites for hydroxylation is 1. The Kier molecular flexibility index (Phi) is 4.74. The predicted octanol–water partition coefficient (Wildman–Crippen LogP) is 4.03. The fraction of sp³-hybridized carbons (Fsp3) is 0.348. The average Bonchev–Trinajstić information content (AvgIpc) is 3.37. The lowest BCUT2D eigenvalue weighted by atomic mass is 9.96. The summed E-state index contributed by atoms with van der Waals surface area (Å²) in [6.07, 6.45) is 4.60. The average molecular weight is 423 g/mol. The molecule has 1 aromatic heterocycles. The zero-order valence-electron chi connectivity index (χ0n) is 17.1. The van der Waals surface area contributed by atoms with E-state index in [9.17, 15) is 4.79 Å². The molecule has 1 fully saturated rings. The number of nitrogens with zero attached hydrogens (tertiary/aromatic N) is 4. The topological polar surface area (TPSA) is 60.2 Å². The molecule has 154 valence electrons. The van der Waals surface area contributed by atoms with Crippen LogP contribution in [0.4, 0.5) is 0 Å². The Morgan fingerprint density at radius 1 is 1.27 bits per heavy atom. The van der Waals surface area contributed by atoms with Crippen LogP contribution in [0.5, 0.6) is 5.75 Å². The summed E-state index contributed by atoms with van der Waals surface area (Å²) in [6, 6.07) is 10.4. The first-order chi connectivity index (χ1) is 14.5. The highest BCUT2D eigenvalue weighted by molar-refractivity contribution is 6.33. The van der Waals surface area contributed by atoms with Crippen molar-refractivity contribution in [2.75, 3.05) is 13.2 Å². The van der Waals surface area contributed by atoms with Crippen LogP contribution < -0.4 is 4.74 Å². The second kappa shape index (κ2) is 7.43. The Morgan fingerprint density at radius 3 is 2.80 bits per heavy atom. The van der Waals surface area contributed by atoms with Gasteiger partial charge in [-0.25, -0.2) is 0 Å². The highest BCUT2D eigenvalue weighted by Gasteiger charge is 2.35. The maximum absolute atomic E-state index is 13.2. The second-order valence-electron chi connectivity index (χ2n) is 8.11. The van der Waals surface area contributed by atoms with Crippen LogP contribution in [0.2, 0.25) is 5.02 Å². The molecule has 0 radical (unpaired) electrons. The van der Waals surface area contributed by atoms with Crippen molar-refractivity contribution in [1.29, 1.82) is 0 Å². The fourth-order valence-electron chi connectivity index (χ4n) is 4.36. The predicted molar refractivity (Wildman–Crippen MR) is 115 cm³/mol. The molecule has 1 atom stereocenters. The first kappa shape index (κ1) is 19.1. The van der Waals surface area contributed by atoms with E-state index in [1.54, 1.807) is 4.68 Å². The van der Waals surface area contributed by atoms with Gasteiger partial charge in [0.2, 0.25) is 0 Å². The van der Waals surface area contributed by atoms with Gasteiger partial charge in [0.05, 0.1) is 22.8 Å². The largest absolute Gasteiger partial charge is 0.489 e. The molecule has 0 bridgehead atoms. The molecule has 0 aliphatic carbocycles. The number of benzene rings is 2. The summed E-state index contributed by atoms with van der Waals surface area (Å²) in [6.45, 7) is 3.30. The minimum absolute atomic E-state index is 0.0335. The summed E-state index contributed by atoms with van der Waals surface area (Å²) < 4.78 is 7.70. The van der Waals surface area contributed by atoms with Gasteiger partial charge >= 0.3 is 0 Å². The molecule has 0 N–H and O–H groups in total. The van der Waals surface area contributed by atoms with Crippen molar-refractivity contribution in [2.45, 2.75) is 32.2 Å². The number of aromatic nitrogens is 3. The SMILES string of the molecule is Cc1c(Cc2ccc(-c3cn(C)nn3)cc2)cc2c(c1Cl)OC[C@H]1CCCN1C2=O. The van der Waals surface area contributed by atoms with E-state index in [1.165, 1.54) is 0 Å². The zero-order valence-corrected chi connectivity index (χ0v) is 17.8. The van der Waals surface area contributed by atoms with Gasteiger partial charge in [0.25, 0.3) is 5.91 Å².